The van der Waals surface area contributed by atoms with Gasteiger partial charge < -0.3 is 0 Å². The van der Waals surface area contributed by atoms with Crippen LogP contribution in [0.2, 0.25) is 0 Å². The van der Waals surface area contributed by atoms with Crippen LogP contribution in [0.25, 0.3) is 12.7 Å². The molecule has 64 valence electrons. The first-order valence-corrected chi connectivity index (χ1v) is 4.71. The van der Waals surface area contributed by atoms with Gasteiger partial charge in [-0.2, -0.15) is 4.37 Å². The Kier molecular flexibility index (Phi) is 2.82. The van der Waals surface area contributed by atoms with Crippen LogP contribution in [0.3, 0.4) is 0 Å². The predicted molar refractivity (Wildman–Crippen MR) is 55.6 cm³/mol. The molecule has 0 aliphatic carbocycles. The summed E-state index contributed by atoms with van der Waals surface area (Å²) >= 11 is 1.46. The Hall–Kier alpha value is -0.890. The molecule has 2 heteroatoms. The van der Waals surface area contributed by atoms with Gasteiger partial charge in [-0.15, -0.1) is 0 Å². The Bertz CT molecular complexity index is 373. The van der Waals surface area contributed by atoms with Crippen molar-refractivity contribution >= 4 is 24.2 Å². The highest BCUT2D eigenvalue weighted by Crippen LogP contribution is 2.05. The maximum Gasteiger partial charge on any atom is 0.0645 e. The SMILES string of the molecule is C=C/C=c1/c(C(C)C)nsc1=C. The van der Waals surface area contributed by atoms with E-state index in [9.17, 15) is 0 Å². The number of rotatable bonds is 2. The molecule has 0 bridgehead atoms. The number of hydrogen-bond donors (Lipinski definition) is 0. The summed E-state index contributed by atoms with van der Waals surface area (Å²) in [6.45, 7) is 11.9. The van der Waals surface area contributed by atoms with Crippen molar-refractivity contribution in [3.8, 4) is 0 Å². The first kappa shape index (κ1) is 9.20. The van der Waals surface area contributed by atoms with Crippen LogP contribution in [0.4, 0.5) is 0 Å². The molecule has 0 aliphatic rings. The van der Waals surface area contributed by atoms with Crippen LogP contribution in [0.5, 0.6) is 0 Å². The van der Waals surface area contributed by atoms with Crippen molar-refractivity contribution in [1.29, 1.82) is 0 Å². The molecule has 1 rings (SSSR count). The Morgan fingerprint density at radius 2 is 2.17 bits per heavy atom. The first-order valence-electron chi connectivity index (χ1n) is 3.94. The molecule has 0 aromatic carbocycles. The summed E-state index contributed by atoms with van der Waals surface area (Å²) in [4.78, 5) is 0. The van der Waals surface area contributed by atoms with Crippen LogP contribution in [0, 0.1) is 0 Å². The minimum Gasteiger partial charge on any atom is -0.196 e. The van der Waals surface area contributed by atoms with E-state index in [1.165, 1.54) is 11.5 Å². The first-order chi connectivity index (χ1) is 5.66. The number of aromatic nitrogens is 1. The third-order valence-corrected chi connectivity index (χ3v) is 2.39. The van der Waals surface area contributed by atoms with Crippen LogP contribution in [0.15, 0.2) is 12.7 Å². The second kappa shape index (κ2) is 3.68. The highest BCUT2D eigenvalue weighted by molar-refractivity contribution is 7.03. The van der Waals surface area contributed by atoms with E-state index in [4.69, 9.17) is 0 Å². The quantitative estimate of drug-likeness (QED) is 0.672. The summed E-state index contributed by atoms with van der Waals surface area (Å²) in [5.74, 6) is 0.461. The smallest absolute Gasteiger partial charge is 0.0645 e. The molecule has 0 saturated carbocycles. The molecule has 0 aliphatic heterocycles. The zero-order chi connectivity index (χ0) is 9.14. The number of hydrogen-bond acceptors (Lipinski definition) is 2. The predicted octanol–water partition coefficient (Wildman–Crippen LogP) is 1.64. The molecule has 0 amide bonds. The van der Waals surface area contributed by atoms with Crippen molar-refractivity contribution < 1.29 is 0 Å². The number of nitrogens with zero attached hydrogens (tertiary/aromatic N) is 1. The van der Waals surface area contributed by atoms with Crippen LogP contribution in [-0.4, -0.2) is 4.37 Å². The van der Waals surface area contributed by atoms with Crippen molar-refractivity contribution in [2.45, 2.75) is 19.8 Å². The summed E-state index contributed by atoms with van der Waals surface area (Å²) in [6.07, 6.45) is 3.76. The van der Waals surface area contributed by atoms with Crippen LogP contribution in [0.1, 0.15) is 25.5 Å². The Morgan fingerprint density at radius 1 is 1.50 bits per heavy atom. The summed E-state index contributed by atoms with van der Waals surface area (Å²) in [6, 6.07) is 0. The van der Waals surface area contributed by atoms with Crippen molar-refractivity contribution in [2.24, 2.45) is 0 Å². The molecule has 1 nitrogen and oxygen atoms in total. The van der Waals surface area contributed by atoms with Gasteiger partial charge in [0, 0.05) is 9.75 Å². The minimum absolute atomic E-state index is 0.461. The zero-order valence-corrected chi connectivity index (χ0v) is 8.32. The molecule has 1 aromatic heterocycles. The molecule has 0 atom stereocenters. The molecule has 0 radical (unpaired) electrons. The molecule has 0 N–H and O–H groups in total. The van der Waals surface area contributed by atoms with E-state index in [0.717, 1.165) is 15.4 Å². The molecular weight excluding hydrogens is 166 g/mol. The zero-order valence-electron chi connectivity index (χ0n) is 7.50. The number of allylic oxidation sites excluding steroid dienone is 1. The molecule has 0 spiro atoms. The lowest BCUT2D eigenvalue weighted by molar-refractivity contribution is 0.832. The molecule has 0 saturated heterocycles. The Balaban J connectivity index is 3.42. The van der Waals surface area contributed by atoms with Crippen LogP contribution >= 0.6 is 11.5 Å². The van der Waals surface area contributed by atoms with E-state index in [1.54, 1.807) is 6.08 Å². The summed E-state index contributed by atoms with van der Waals surface area (Å²) in [5, 5.41) is 1.14. The average Bonchev–Trinajstić information content (AvgIpc) is 2.34. The van der Waals surface area contributed by atoms with Gasteiger partial charge in [-0.3, -0.25) is 0 Å². The monoisotopic (exact) mass is 179 g/mol. The van der Waals surface area contributed by atoms with Crippen molar-refractivity contribution in [2.75, 3.05) is 0 Å². The standard InChI is InChI=1S/C10H13NS/c1-5-6-9-8(4)12-11-10(9)7(2)3/h5-7H,1,4H2,2-3H3/b9-6+. The van der Waals surface area contributed by atoms with E-state index in [1.807, 2.05) is 6.08 Å². The molecule has 0 unspecified atom stereocenters. The Morgan fingerprint density at radius 3 is 2.67 bits per heavy atom. The lowest BCUT2D eigenvalue weighted by Gasteiger charge is -1.97. The van der Waals surface area contributed by atoms with Gasteiger partial charge in [-0.25, -0.2) is 0 Å². The molecule has 12 heavy (non-hydrogen) atoms. The van der Waals surface area contributed by atoms with Gasteiger partial charge in [-0.05, 0) is 17.5 Å². The highest BCUT2D eigenvalue weighted by atomic mass is 32.1. The molecule has 0 fully saturated rings. The fraction of sp³-hybridized carbons (Fsp3) is 0.300. The van der Waals surface area contributed by atoms with Gasteiger partial charge in [0.25, 0.3) is 0 Å². The average molecular weight is 179 g/mol. The van der Waals surface area contributed by atoms with Gasteiger partial charge in [0.05, 0.1) is 5.69 Å². The van der Waals surface area contributed by atoms with E-state index >= 15 is 0 Å². The van der Waals surface area contributed by atoms with E-state index in [-0.39, 0.29) is 0 Å². The fourth-order valence-electron chi connectivity index (χ4n) is 1.06. The topological polar surface area (TPSA) is 12.9 Å². The molecule has 1 heterocycles. The van der Waals surface area contributed by atoms with Crippen molar-refractivity contribution in [1.82, 2.24) is 4.37 Å². The fourth-order valence-corrected chi connectivity index (χ4v) is 1.85. The van der Waals surface area contributed by atoms with Crippen LogP contribution < -0.4 is 9.75 Å². The summed E-state index contributed by atoms with van der Waals surface area (Å²) in [5.41, 5.74) is 1.13. The maximum atomic E-state index is 4.33. The van der Waals surface area contributed by atoms with Gasteiger partial charge >= 0.3 is 0 Å². The third-order valence-electron chi connectivity index (χ3n) is 1.66. The highest BCUT2D eigenvalue weighted by Gasteiger charge is 2.04. The third kappa shape index (κ3) is 1.64. The Labute approximate surface area is 76.9 Å². The normalized spacial score (nSPS) is 12.4. The molecule has 1 aromatic rings. The summed E-state index contributed by atoms with van der Waals surface area (Å²) in [7, 11) is 0. The van der Waals surface area contributed by atoms with Crippen LogP contribution in [-0.2, 0) is 0 Å². The van der Waals surface area contributed by atoms with Gasteiger partial charge in [0.1, 0.15) is 0 Å². The minimum atomic E-state index is 0.461. The lowest BCUT2D eigenvalue weighted by Crippen LogP contribution is -2.20. The lowest BCUT2D eigenvalue weighted by atomic mass is 10.1. The maximum absolute atomic E-state index is 4.33. The largest absolute Gasteiger partial charge is 0.196 e. The van der Waals surface area contributed by atoms with Gasteiger partial charge in [-0.1, -0.05) is 39.2 Å². The van der Waals surface area contributed by atoms with E-state index < -0.39 is 0 Å². The van der Waals surface area contributed by atoms with E-state index in [2.05, 4.69) is 31.4 Å². The van der Waals surface area contributed by atoms with E-state index in [0.29, 0.717) is 5.92 Å². The molecular formula is C10H13NS. The van der Waals surface area contributed by atoms with Crippen molar-refractivity contribution in [3.63, 3.8) is 0 Å². The van der Waals surface area contributed by atoms with Gasteiger partial charge in [0.15, 0.2) is 0 Å². The summed E-state index contributed by atoms with van der Waals surface area (Å²) < 4.78 is 5.36. The second-order valence-electron chi connectivity index (χ2n) is 2.96. The second-order valence-corrected chi connectivity index (χ2v) is 3.82. The van der Waals surface area contributed by atoms with Gasteiger partial charge in [0.2, 0.25) is 0 Å². The van der Waals surface area contributed by atoms with Crippen molar-refractivity contribution in [3.05, 3.63) is 28.1 Å².